The molecular formula is C19H11ClN4O4S. The molecule has 0 aliphatic carbocycles. The molecule has 2 aromatic carbocycles. The van der Waals surface area contributed by atoms with Crippen molar-refractivity contribution >= 4 is 40.2 Å². The number of hydrogen-bond donors (Lipinski definition) is 1. The fraction of sp³-hybridized carbons (Fsp3) is 0. The third kappa shape index (κ3) is 3.86. The molecule has 0 radical (unpaired) electrons. The summed E-state index contributed by atoms with van der Waals surface area (Å²) in [5.41, 5.74) is 0.710. The topological polar surface area (TPSA) is 111 Å². The molecule has 0 spiro atoms. The van der Waals surface area contributed by atoms with E-state index in [4.69, 9.17) is 16.1 Å². The molecule has 0 atom stereocenters. The average Bonchev–Trinajstić information content (AvgIpc) is 3.40. The number of nitrogens with zero attached hydrogens (tertiary/aromatic N) is 3. The highest BCUT2D eigenvalue weighted by Crippen LogP contribution is 2.31. The second kappa shape index (κ2) is 7.82. The Morgan fingerprint density at radius 3 is 2.76 bits per heavy atom. The molecule has 10 heteroatoms. The zero-order valence-electron chi connectivity index (χ0n) is 14.5. The number of carbonyl (C=O) groups excluding carboxylic acids is 1. The molecule has 0 unspecified atom stereocenters. The van der Waals surface area contributed by atoms with Crippen LogP contribution in [0.15, 0.2) is 64.5 Å². The second-order valence-electron chi connectivity index (χ2n) is 5.82. The fourth-order valence-corrected chi connectivity index (χ4v) is 3.44. The molecule has 8 nitrogen and oxygen atoms in total. The molecule has 0 bridgehead atoms. The van der Waals surface area contributed by atoms with Gasteiger partial charge in [-0.3, -0.25) is 14.9 Å². The van der Waals surface area contributed by atoms with Crippen molar-refractivity contribution in [2.45, 2.75) is 0 Å². The zero-order chi connectivity index (χ0) is 20.4. The van der Waals surface area contributed by atoms with Crippen molar-refractivity contribution in [1.82, 2.24) is 10.1 Å². The van der Waals surface area contributed by atoms with E-state index in [-0.39, 0.29) is 22.2 Å². The van der Waals surface area contributed by atoms with E-state index in [1.165, 1.54) is 23.5 Å². The lowest BCUT2D eigenvalue weighted by Crippen LogP contribution is -2.13. The minimum atomic E-state index is -0.641. The van der Waals surface area contributed by atoms with Crippen LogP contribution in [0.25, 0.3) is 22.2 Å². The van der Waals surface area contributed by atoms with Crippen LogP contribution >= 0.6 is 22.9 Å². The summed E-state index contributed by atoms with van der Waals surface area (Å²) in [7, 11) is 0. The predicted molar refractivity (Wildman–Crippen MR) is 109 cm³/mol. The van der Waals surface area contributed by atoms with Crippen molar-refractivity contribution in [3.63, 3.8) is 0 Å². The number of anilines is 1. The van der Waals surface area contributed by atoms with Crippen LogP contribution in [0, 0.1) is 10.1 Å². The van der Waals surface area contributed by atoms with E-state index in [0.29, 0.717) is 17.1 Å². The molecule has 29 heavy (non-hydrogen) atoms. The first-order valence-corrected chi connectivity index (χ1v) is 9.51. The molecule has 0 aliphatic heterocycles. The van der Waals surface area contributed by atoms with Gasteiger partial charge in [-0.2, -0.15) is 4.98 Å². The van der Waals surface area contributed by atoms with Crippen LogP contribution in [0.5, 0.6) is 0 Å². The summed E-state index contributed by atoms with van der Waals surface area (Å²) in [5, 5.41) is 19.6. The van der Waals surface area contributed by atoms with E-state index >= 15 is 0 Å². The van der Waals surface area contributed by atoms with Gasteiger partial charge in [-0.05, 0) is 35.7 Å². The number of amides is 1. The van der Waals surface area contributed by atoms with Crippen LogP contribution in [-0.2, 0) is 0 Å². The highest BCUT2D eigenvalue weighted by atomic mass is 35.5. The molecule has 4 rings (SSSR count). The van der Waals surface area contributed by atoms with E-state index in [1.54, 1.807) is 24.3 Å². The maximum atomic E-state index is 12.6. The largest absolute Gasteiger partial charge is 0.334 e. The van der Waals surface area contributed by atoms with E-state index in [1.807, 2.05) is 17.5 Å². The molecule has 2 heterocycles. The van der Waals surface area contributed by atoms with Gasteiger partial charge in [0.05, 0.1) is 21.1 Å². The van der Waals surface area contributed by atoms with Gasteiger partial charge in [0.25, 0.3) is 17.5 Å². The Morgan fingerprint density at radius 1 is 1.17 bits per heavy atom. The number of carbonyl (C=O) groups is 1. The molecule has 1 amide bonds. The highest BCUT2D eigenvalue weighted by molar-refractivity contribution is 7.13. The number of aromatic nitrogens is 2. The van der Waals surface area contributed by atoms with Gasteiger partial charge in [0, 0.05) is 11.6 Å². The Kier molecular flexibility index (Phi) is 5.07. The van der Waals surface area contributed by atoms with Gasteiger partial charge in [-0.1, -0.05) is 35.0 Å². The Balaban J connectivity index is 1.63. The summed E-state index contributed by atoms with van der Waals surface area (Å²) >= 11 is 7.29. The van der Waals surface area contributed by atoms with Crippen LogP contribution in [0.2, 0.25) is 5.02 Å². The van der Waals surface area contributed by atoms with Gasteiger partial charge in [-0.15, -0.1) is 11.3 Å². The summed E-state index contributed by atoms with van der Waals surface area (Å²) in [6, 6.07) is 14.5. The number of rotatable bonds is 5. The number of nitrogens with one attached hydrogen (secondary N) is 1. The monoisotopic (exact) mass is 426 g/mol. The van der Waals surface area contributed by atoms with Gasteiger partial charge in [0.2, 0.25) is 5.82 Å². The van der Waals surface area contributed by atoms with Gasteiger partial charge in [0.15, 0.2) is 0 Å². The van der Waals surface area contributed by atoms with E-state index in [2.05, 4.69) is 15.5 Å². The first-order valence-electron chi connectivity index (χ1n) is 8.25. The minimum absolute atomic E-state index is 0.0427. The number of benzene rings is 2. The number of thiophene rings is 1. The quantitative estimate of drug-likeness (QED) is 0.343. The molecule has 0 saturated heterocycles. The zero-order valence-corrected chi connectivity index (χ0v) is 16.1. The van der Waals surface area contributed by atoms with Gasteiger partial charge >= 0.3 is 0 Å². The maximum Gasteiger partial charge on any atom is 0.288 e. The Bertz CT molecular complexity index is 1210. The van der Waals surface area contributed by atoms with Gasteiger partial charge in [0.1, 0.15) is 5.02 Å². The number of halogens is 1. The van der Waals surface area contributed by atoms with Crippen LogP contribution in [0.3, 0.4) is 0 Å². The number of hydrogen-bond acceptors (Lipinski definition) is 7. The molecule has 1 N–H and O–H groups in total. The van der Waals surface area contributed by atoms with Crippen LogP contribution in [0.4, 0.5) is 11.4 Å². The third-order valence-electron chi connectivity index (χ3n) is 3.98. The van der Waals surface area contributed by atoms with Gasteiger partial charge in [-0.25, -0.2) is 0 Å². The van der Waals surface area contributed by atoms with Crippen molar-refractivity contribution in [3.8, 4) is 22.2 Å². The summed E-state index contributed by atoms with van der Waals surface area (Å²) in [4.78, 5) is 28.3. The third-order valence-corrected chi connectivity index (χ3v) is 5.16. The standard InChI is InChI=1S/C19H11ClN4O4S/c20-13-8-7-11(10-15(13)24(26)27)18(25)21-14-5-2-1-4-12(14)19-22-17(23-28-19)16-6-3-9-29-16/h1-10H,(H,21,25). The lowest BCUT2D eigenvalue weighted by molar-refractivity contribution is -0.384. The Morgan fingerprint density at radius 2 is 2.00 bits per heavy atom. The Labute approximate surface area is 172 Å². The summed E-state index contributed by atoms with van der Waals surface area (Å²) < 4.78 is 5.36. The van der Waals surface area contributed by atoms with Crippen LogP contribution in [0.1, 0.15) is 10.4 Å². The molecule has 4 aromatic rings. The molecule has 0 fully saturated rings. The average molecular weight is 427 g/mol. The normalized spacial score (nSPS) is 10.7. The number of nitro benzene ring substituents is 1. The second-order valence-corrected chi connectivity index (χ2v) is 7.18. The fourth-order valence-electron chi connectivity index (χ4n) is 2.61. The maximum absolute atomic E-state index is 12.6. The lowest BCUT2D eigenvalue weighted by Gasteiger charge is -2.08. The highest BCUT2D eigenvalue weighted by Gasteiger charge is 2.19. The molecule has 0 aliphatic rings. The molecule has 2 aromatic heterocycles. The first kappa shape index (κ1) is 18.8. The molecule has 144 valence electrons. The predicted octanol–water partition coefficient (Wildman–Crippen LogP) is 5.28. The number of para-hydroxylation sites is 1. The minimum Gasteiger partial charge on any atom is -0.334 e. The summed E-state index contributed by atoms with van der Waals surface area (Å²) in [5.74, 6) is 0.158. The van der Waals surface area contributed by atoms with Crippen molar-refractivity contribution in [2.24, 2.45) is 0 Å². The smallest absolute Gasteiger partial charge is 0.288 e. The van der Waals surface area contributed by atoms with Crippen LogP contribution in [-0.4, -0.2) is 21.0 Å². The molecule has 0 saturated carbocycles. The van der Waals surface area contributed by atoms with Crippen molar-refractivity contribution in [3.05, 3.63) is 80.7 Å². The van der Waals surface area contributed by atoms with Crippen LogP contribution < -0.4 is 5.32 Å². The van der Waals surface area contributed by atoms with Crippen molar-refractivity contribution in [2.75, 3.05) is 5.32 Å². The SMILES string of the molecule is O=C(Nc1ccccc1-c1nc(-c2cccs2)no1)c1ccc(Cl)c([N+](=O)[O-])c1. The lowest BCUT2D eigenvalue weighted by atomic mass is 10.1. The summed E-state index contributed by atoms with van der Waals surface area (Å²) in [6.07, 6.45) is 0. The van der Waals surface area contributed by atoms with Crippen molar-refractivity contribution < 1.29 is 14.2 Å². The first-order chi connectivity index (χ1) is 14.0. The van der Waals surface area contributed by atoms with Gasteiger partial charge < -0.3 is 9.84 Å². The van der Waals surface area contributed by atoms with E-state index in [0.717, 1.165) is 10.9 Å². The molecular weight excluding hydrogens is 416 g/mol. The summed E-state index contributed by atoms with van der Waals surface area (Å²) in [6.45, 7) is 0. The Hall–Kier alpha value is -3.56. The van der Waals surface area contributed by atoms with E-state index in [9.17, 15) is 14.9 Å². The van der Waals surface area contributed by atoms with Crippen molar-refractivity contribution in [1.29, 1.82) is 0 Å². The number of nitro groups is 1. The van der Waals surface area contributed by atoms with E-state index < -0.39 is 10.8 Å².